The second kappa shape index (κ2) is 6.62. The van der Waals surface area contributed by atoms with Gasteiger partial charge in [-0.25, -0.2) is 0 Å². The van der Waals surface area contributed by atoms with E-state index >= 15 is 0 Å². The largest absolute Gasteiger partial charge is 0.274 e. The molecule has 8 nitrogen and oxygen atoms in total. The summed E-state index contributed by atoms with van der Waals surface area (Å²) < 4.78 is 9.02. The number of carbonyl (C=O) groups is 1. The molecule has 0 bridgehead atoms. The molecular formula is C12H18N7OP. The van der Waals surface area contributed by atoms with Crippen molar-refractivity contribution < 1.29 is 4.79 Å². The molecule has 4 N–H and O–H groups in total. The Balaban J connectivity index is 2.42. The summed E-state index contributed by atoms with van der Waals surface area (Å²) >= 11 is 0. The number of nitrogens with zero attached hydrogens (tertiary/aromatic N) is 3. The smallest absolute Gasteiger partial charge is 0.246 e. The van der Waals surface area contributed by atoms with E-state index in [0.717, 1.165) is 5.56 Å². The number of guanidine groups is 1. The minimum Gasteiger partial charge on any atom is -0.274 e. The van der Waals surface area contributed by atoms with Gasteiger partial charge in [0.05, 0.1) is 0 Å². The molecule has 0 saturated carbocycles. The number of amides is 1. The van der Waals surface area contributed by atoms with Gasteiger partial charge in [-0.05, 0) is 14.1 Å². The van der Waals surface area contributed by atoms with Crippen molar-refractivity contribution in [3.8, 4) is 0 Å². The van der Waals surface area contributed by atoms with Crippen molar-refractivity contribution >= 4 is 25.2 Å². The van der Waals surface area contributed by atoms with Gasteiger partial charge in [-0.3, -0.25) is 25.8 Å². The Morgan fingerprint density at radius 3 is 2.38 bits per heavy atom. The third kappa shape index (κ3) is 3.75. The van der Waals surface area contributed by atoms with Crippen molar-refractivity contribution in [3.05, 3.63) is 35.9 Å². The molecule has 0 aliphatic carbocycles. The number of carbonyl (C=O) groups excluding carboxylic acids is 1. The first-order valence-corrected chi connectivity index (χ1v) is 8.05. The van der Waals surface area contributed by atoms with Gasteiger partial charge in [0, 0.05) is 12.5 Å². The van der Waals surface area contributed by atoms with Crippen LogP contribution in [0.2, 0.25) is 0 Å². The predicted octanol–water partition coefficient (Wildman–Crippen LogP) is 0.829. The van der Waals surface area contributed by atoms with Gasteiger partial charge in [0.1, 0.15) is 0 Å². The SMILES string of the molecule is CNP1(NC)=NC(NNC(C)=O)=NC(c2ccccc2)=N1. The van der Waals surface area contributed by atoms with Crippen LogP contribution in [-0.4, -0.2) is 31.8 Å². The molecule has 0 saturated heterocycles. The Morgan fingerprint density at radius 1 is 1.14 bits per heavy atom. The summed E-state index contributed by atoms with van der Waals surface area (Å²) in [5, 5.41) is 6.19. The molecule has 1 aliphatic heterocycles. The summed E-state index contributed by atoms with van der Waals surface area (Å²) in [5.74, 6) is 0.626. The van der Waals surface area contributed by atoms with Crippen LogP contribution < -0.4 is 21.0 Å². The van der Waals surface area contributed by atoms with Gasteiger partial charge in [-0.1, -0.05) is 30.3 Å². The molecule has 0 unspecified atom stereocenters. The normalized spacial score (nSPS) is 16.3. The highest BCUT2D eigenvalue weighted by Crippen LogP contribution is 2.43. The number of hydrogen-bond donors (Lipinski definition) is 4. The second-order valence-corrected chi connectivity index (χ2v) is 6.68. The number of benzene rings is 1. The minimum absolute atomic E-state index is 0.227. The van der Waals surface area contributed by atoms with Gasteiger partial charge in [0.25, 0.3) is 0 Å². The van der Waals surface area contributed by atoms with Crippen LogP contribution in [-0.2, 0) is 4.79 Å². The summed E-state index contributed by atoms with van der Waals surface area (Å²) in [4.78, 5) is 15.4. The number of hydrazine groups is 1. The summed E-state index contributed by atoms with van der Waals surface area (Å²) in [7, 11) is 1.24. The van der Waals surface area contributed by atoms with Crippen molar-refractivity contribution in [1.29, 1.82) is 0 Å². The topological polar surface area (TPSA) is 102 Å². The summed E-state index contributed by atoms with van der Waals surface area (Å²) in [5.41, 5.74) is 6.04. The van der Waals surface area contributed by atoms with E-state index in [1.54, 1.807) is 14.1 Å². The van der Waals surface area contributed by atoms with E-state index in [1.807, 2.05) is 30.3 Å². The molecule has 1 aromatic rings. The fourth-order valence-electron chi connectivity index (χ4n) is 1.66. The van der Waals surface area contributed by atoms with E-state index in [4.69, 9.17) is 0 Å². The molecule has 1 amide bonds. The zero-order valence-electron chi connectivity index (χ0n) is 12.1. The minimum atomic E-state index is -2.32. The standard InChI is InChI=1S/C12H18N7OP/c1-9(20)16-17-12-15-11(10-7-5-4-6-8-10)18-21(13-2,14-3)19-12/h4-8,13-14H,1-3H3,(H,16,20)(H,15,17,18). The van der Waals surface area contributed by atoms with Crippen molar-refractivity contribution in [2.45, 2.75) is 6.92 Å². The van der Waals surface area contributed by atoms with Gasteiger partial charge in [0.15, 0.2) is 5.84 Å². The van der Waals surface area contributed by atoms with E-state index < -0.39 is 7.51 Å². The Hall–Kier alpha value is -2.02. The third-order valence-electron chi connectivity index (χ3n) is 2.70. The Kier molecular flexibility index (Phi) is 4.85. The number of aliphatic imine (C=N–C) groups is 1. The average molecular weight is 307 g/mol. The molecule has 0 radical (unpaired) electrons. The lowest BCUT2D eigenvalue weighted by molar-refractivity contribution is -0.119. The zero-order chi connectivity index (χ0) is 15.3. The molecule has 21 heavy (non-hydrogen) atoms. The van der Waals surface area contributed by atoms with Crippen molar-refractivity contribution in [1.82, 2.24) is 21.0 Å². The van der Waals surface area contributed by atoms with Gasteiger partial charge in [-0.15, -0.1) is 0 Å². The third-order valence-corrected chi connectivity index (χ3v) is 4.90. The first-order valence-electron chi connectivity index (χ1n) is 6.36. The maximum absolute atomic E-state index is 11.0. The highest BCUT2D eigenvalue weighted by molar-refractivity contribution is 7.61. The van der Waals surface area contributed by atoms with E-state index in [-0.39, 0.29) is 5.91 Å². The fraction of sp³-hybridized carbons (Fsp3) is 0.250. The summed E-state index contributed by atoms with van der Waals surface area (Å²) in [6, 6.07) is 9.60. The highest BCUT2D eigenvalue weighted by Gasteiger charge is 2.22. The van der Waals surface area contributed by atoms with Crippen LogP contribution in [0.3, 0.4) is 0 Å². The number of nitrogens with one attached hydrogen (secondary N) is 4. The monoisotopic (exact) mass is 307 g/mol. The van der Waals surface area contributed by atoms with Gasteiger partial charge in [-0.2, -0.15) is 14.5 Å². The Labute approximate surface area is 123 Å². The van der Waals surface area contributed by atoms with E-state index in [0.29, 0.717) is 11.8 Å². The zero-order valence-corrected chi connectivity index (χ0v) is 13.0. The molecule has 1 aliphatic rings. The van der Waals surface area contributed by atoms with Crippen LogP contribution in [0.5, 0.6) is 0 Å². The number of hydrogen-bond acceptors (Lipinski definition) is 7. The van der Waals surface area contributed by atoms with E-state index in [1.165, 1.54) is 6.92 Å². The Bertz CT molecular complexity index is 630. The van der Waals surface area contributed by atoms with Crippen molar-refractivity contribution in [2.24, 2.45) is 14.5 Å². The number of amidine groups is 1. The maximum Gasteiger partial charge on any atom is 0.246 e. The van der Waals surface area contributed by atoms with Crippen LogP contribution in [0.15, 0.2) is 44.8 Å². The van der Waals surface area contributed by atoms with Gasteiger partial charge < -0.3 is 0 Å². The Morgan fingerprint density at radius 2 is 1.81 bits per heavy atom. The molecule has 0 fully saturated rings. The molecule has 9 heteroatoms. The lowest BCUT2D eigenvalue weighted by Crippen LogP contribution is -2.41. The second-order valence-electron chi connectivity index (χ2n) is 4.18. The highest BCUT2D eigenvalue weighted by atomic mass is 31.2. The van der Waals surface area contributed by atoms with Crippen molar-refractivity contribution in [3.63, 3.8) is 0 Å². The van der Waals surface area contributed by atoms with Crippen LogP contribution in [0.25, 0.3) is 0 Å². The molecule has 112 valence electrons. The maximum atomic E-state index is 11.0. The molecule has 0 aromatic heterocycles. The quantitative estimate of drug-likeness (QED) is 0.490. The van der Waals surface area contributed by atoms with Crippen LogP contribution in [0, 0.1) is 0 Å². The van der Waals surface area contributed by atoms with Gasteiger partial charge >= 0.3 is 0 Å². The average Bonchev–Trinajstić information content (AvgIpc) is 2.53. The first kappa shape index (κ1) is 15.4. The number of rotatable bonds is 3. The predicted molar refractivity (Wildman–Crippen MR) is 84.8 cm³/mol. The molecule has 2 rings (SSSR count). The molecule has 0 atom stereocenters. The fourth-order valence-corrected chi connectivity index (χ4v) is 3.13. The molecular weight excluding hydrogens is 289 g/mol. The lowest BCUT2D eigenvalue weighted by atomic mass is 10.2. The first-order chi connectivity index (χ1) is 10.1. The summed E-state index contributed by atoms with van der Waals surface area (Å²) in [6.45, 7) is 1.40. The van der Waals surface area contributed by atoms with Crippen LogP contribution in [0.1, 0.15) is 12.5 Å². The van der Waals surface area contributed by atoms with E-state index in [9.17, 15) is 4.79 Å². The van der Waals surface area contributed by atoms with Crippen LogP contribution >= 0.6 is 7.51 Å². The molecule has 0 spiro atoms. The van der Waals surface area contributed by atoms with Crippen LogP contribution in [0.4, 0.5) is 0 Å². The lowest BCUT2D eigenvalue weighted by Gasteiger charge is -2.23. The van der Waals surface area contributed by atoms with Gasteiger partial charge in [0.2, 0.25) is 19.4 Å². The van der Waals surface area contributed by atoms with Crippen molar-refractivity contribution in [2.75, 3.05) is 14.1 Å². The molecule has 1 aromatic carbocycles. The summed E-state index contributed by atoms with van der Waals surface area (Å²) in [6.07, 6.45) is 0. The van der Waals surface area contributed by atoms with E-state index in [2.05, 4.69) is 35.5 Å². The molecule has 1 heterocycles.